The molecule has 36 heavy (non-hydrogen) atoms. The molecule has 0 atom stereocenters. The average Bonchev–Trinajstić information content (AvgIpc) is 3.51. The summed E-state index contributed by atoms with van der Waals surface area (Å²) in [5, 5.41) is 6.90. The summed E-state index contributed by atoms with van der Waals surface area (Å²) in [6.45, 7) is 5.66. The number of nitrogens with zero attached hydrogens (tertiary/aromatic N) is 2. The lowest BCUT2D eigenvalue weighted by Crippen LogP contribution is -2.38. The number of carbonyl (C=O) groups is 1. The van der Waals surface area contributed by atoms with Crippen LogP contribution >= 0.6 is 11.3 Å². The van der Waals surface area contributed by atoms with Crippen LogP contribution in [0.1, 0.15) is 57.4 Å². The minimum absolute atomic E-state index is 0.0903. The number of hydrogen-bond donors (Lipinski definition) is 3. The Bertz CT molecular complexity index is 1270. The van der Waals surface area contributed by atoms with Crippen LogP contribution in [0.5, 0.6) is 0 Å². The van der Waals surface area contributed by atoms with Crippen LogP contribution in [0.4, 0.5) is 16.5 Å². The van der Waals surface area contributed by atoms with E-state index in [1.165, 1.54) is 23.8 Å². The van der Waals surface area contributed by atoms with Gasteiger partial charge in [0.1, 0.15) is 6.26 Å². The molecule has 3 aromatic rings. The number of carbonyl (C=O) groups excluding carboxylic acids is 1. The highest BCUT2D eigenvalue weighted by Gasteiger charge is 2.27. The summed E-state index contributed by atoms with van der Waals surface area (Å²) in [5.41, 5.74) is 1.13. The van der Waals surface area contributed by atoms with Gasteiger partial charge in [0.15, 0.2) is 0 Å². The lowest BCUT2D eigenvalue weighted by molar-refractivity contribution is 0.109. The molecule has 3 N–H and O–H groups in total. The molecule has 1 aliphatic carbocycles. The first-order chi connectivity index (χ1) is 17.2. The van der Waals surface area contributed by atoms with Gasteiger partial charge in [-0.05, 0) is 51.7 Å². The maximum atomic E-state index is 13.0. The zero-order valence-electron chi connectivity index (χ0n) is 20.5. The van der Waals surface area contributed by atoms with Crippen molar-refractivity contribution >= 4 is 39.2 Å². The van der Waals surface area contributed by atoms with Gasteiger partial charge in [0.25, 0.3) is 6.01 Å². The number of anilines is 2. The van der Waals surface area contributed by atoms with Gasteiger partial charge in [-0.2, -0.15) is 0 Å². The Morgan fingerprint density at radius 2 is 2.00 bits per heavy atom. The smallest absolute Gasteiger partial charge is 0.407 e. The number of amides is 1. The van der Waals surface area contributed by atoms with Gasteiger partial charge in [0.05, 0.1) is 27.1 Å². The molecule has 2 aromatic heterocycles. The van der Waals surface area contributed by atoms with Crippen LogP contribution in [0.15, 0.2) is 46.2 Å². The Hall–Kier alpha value is -2.96. The minimum atomic E-state index is -3.75. The van der Waals surface area contributed by atoms with Gasteiger partial charge in [-0.1, -0.05) is 13.0 Å². The first-order valence-corrected chi connectivity index (χ1v) is 14.3. The van der Waals surface area contributed by atoms with Gasteiger partial charge in [-0.3, -0.25) is 0 Å². The number of sulfonamides is 1. The van der Waals surface area contributed by atoms with Crippen molar-refractivity contribution in [3.05, 3.63) is 41.9 Å². The Morgan fingerprint density at radius 3 is 2.67 bits per heavy atom. The van der Waals surface area contributed by atoms with Crippen LogP contribution in [0, 0.1) is 0 Å². The molecule has 0 radical (unpaired) electrons. The number of rotatable bonds is 9. The predicted octanol–water partition coefficient (Wildman–Crippen LogP) is 5.00. The summed E-state index contributed by atoms with van der Waals surface area (Å²) < 4.78 is 39.1. The Kier molecular flexibility index (Phi) is 8.27. The van der Waals surface area contributed by atoms with Crippen molar-refractivity contribution in [2.75, 3.05) is 11.9 Å². The first-order valence-electron chi connectivity index (χ1n) is 12.0. The largest absolute Gasteiger partial charge is 0.447 e. The monoisotopic (exact) mass is 533 g/mol. The van der Waals surface area contributed by atoms with E-state index in [1.807, 2.05) is 13.8 Å². The summed E-state index contributed by atoms with van der Waals surface area (Å²) in [4.78, 5) is 21.5. The quantitative estimate of drug-likeness (QED) is 0.350. The number of oxazole rings is 1. The second-order valence-electron chi connectivity index (χ2n) is 8.88. The number of ether oxygens (including phenoxy) is 1. The van der Waals surface area contributed by atoms with Crippen molar-refractivity contribution in [1.29, 1.82) is 0 Å². The van der Waals surface area contributed by atoms with E-state index in [4.69, 9.17) is 9.15 Å². The van der Waals surface area contributed by atoms with Crippen LogP contribution in [0.3, 0.4) is 0 Å². The predicted molar refractivity (Wildman–Crippen MR) is 138 cm³/mol. The average molecular weight is 534 g/mol. The molecule has 10 nitrogen and oxygen atoms in total. The number of thiazole rings is 1. The molecule has 0 aliphatic heterocycles. The highest BCUT2D eigenvalue weighted by molar-refractivity contribution is 7.89. The number of alkyl carbamates (subject to hydrolysis) is 1. The number of aromatic nitrogens is 2. The maximum absolute atomic E-state index is 13.0. The molecule has 1 amide bonds. The van der Waals surface area contributed by atoms with E-state index in [0.717, 1.165) is 35.6 Å². The maximum Gasteiger partial charge on any atom is 0.407 e. The molecule has 2 heterocycles. The lowest BCUT2D eigenvalue weighted by Gasteiger charge is -2.28. The van der Waals surface area contributed by atoms with E-state index < -0.39 is 10.0 Å². The van der Waals surface area contributed by atoms with E-state index >= 15 is 0 Å². The van der Waals surface area contributed by atoms with Gasteiger partial charge in [0.2, 0.25) is 10.0 Å². The van der Waals surface area contributed by atoms with E-state index in [2.05, 4.69) is 25.3 Å². The van der Waals surface area contributed by atoms with Gasteiger partial charge in [0, 0.05) is 36.0 Å². The standard InChI is InChI=1S/C24H31N5O5S2/c1-4-27-36(31,32)21-13-18(28-23-25-11-12-33-23)9-10-19(21)20-14-26-22(35-20)16-5-7-17(8-6-16)29-24(30)34-15(2)3/h9-17,27H,4-8H2,1-3H3,(H,25,28)(H,29,30)/t16-,17-. The van der Waals surface area contributed by atoms with Crippen molar-refractivity contribution in [3.8, 4) is 10.4 Å². The molecule has 4 rings (SSSR count). The third-order valence-corrected chi connectivity index (χ3v) is 8.60. The van der Waals surface area contributed by atoms with Crippen LogP contribution in [0.2, 0.25) is 0 Å². The summed E-state index contributed by atoms with van der Waals surface area (Å²) in [6.07, 6.45) is 7.62. The lowest BCUT2D eigenvalue weighted by atomic mass is 9.86. The zero-order chi connectivity index (χ0) is 25.7. The third kappa shape index (κ3) is 6.42. The van der Waals surface area contributed by atoms with Crippen molar-refractivity contribution in [2.24, 2.45) is 0 Å². The van der Waals surface area contributed by atoms with Crippen LogP contribution in [-0.2, 0) is 14.8 Å². The first kappa shape index (κ1) is 26.1. The fourth-order valence-corrected chi connectivity index (χ4v) is 6.68. The Balaban J connectivity index is 1.51. The highest BCUT2D eigenvalue weighted by Crippen LogP contribution is 2.40. The van der Waals surface area contributed by atoms with E-state index in [-0.39, 0.29) is 41.6 Å². The fraction of sp³-hybridized carbons (Fsp3) is 0.458. The third-order valence-electron chi connectivity index (χ3n) is 5.82. The van der Waals surface area contributed by atoms with E-state index in [9.17, 15) is 13.2 Å². The molecule has 1 fully saturated rings. The molecule has 0 bridgehead atoms. The molecule has 0 unspecified atom stereocenters. The molecule has 1 aliphatic rings. The molecular formula is C24H31N5O5S2. The normalized spacial score (nSPS) is 18.2. The molecule has 0 saturated heterocycles. The molecule has 1 saturated carbocycles. The number of nitrogens with one attached hydrogen (secondary N) is 3. The van der Waals surface area contributed by atoms with Crippen LogP contribution in [0.25, 0.3) is 10.4 Å². The number of hydrogen-bond acceptors (Lipinski definition) is 9. The van der Waals surface area contributed by atoms with E-state index in [1.54, 1.807) is 31.3 Å². The SMILES string of the molecule is CCNS(=O)(=O)c1cc(Nc2ncco2)ccc1-c1cnc([C@H]2CC[C@H](NC(=O)OC(C)C)CC2)s1. The molecule has 194 valence electrons. The second-order valence-corrected chi connectivity index (χ2v) is 11.7. The second kappa shape index (κ2) is 11.4. The molecule has 1 aromatic carbocycles. The fourth-order valence-electron chi connectivity index (χ4n) is 4.20. The van der Waals surface area contributed by atoms with Crippen molar-refractivity contribution < 1.29 is 22.4 Å². The minimum Gasteiger partial charge on any atom is -0.447 e. The van der Waals surface area contributed by atoms with Gasteiger partial charge in [-0.15, -0.1) is 11.3 Å². The summed E-state index contributed by atoms with van der Waals surface area (Å²) in [7, 11) is -3.75. The number of benzene rings is 1. The van der Waals surface area contributed by atoms with Crippen LogP contribution in [-0.4, -0.2) is 43.2 Å². The summed E-state index contributed by atoms with van der Waals surface area (Å²) in [6, 6.07) is 5.50. The molecule has 12 heteroatoms. The highest BCUT2D eigenvalue weighted by atomic mass is 32.2. The van der Waals surface area contributed by atoms with Crippen molar-refractivity contribution in [3.63, 3.8) is 0 Å². The molecular weight excluding hydrogens is 502 g/mol. The van der Waals surface area contributed by atoms with Gasteiger partial charge >= 0.3 is 6.09 Å². The Labute approximate surface area is 214 Å². The van der Waals surface area contributed by atoms with Crippen molar-refractivity contribution in [1.82, 2.24) is 20.0 Å². The van der Waals surface area contributed by atoms with Crippen LogP contribution < -0.4 is 15.4 Å². The topological polar surface area (TPSA) is 135 Å². The summed E-state index contributed by atoms with van der Waals surface area (Å²) >= 11 is 1.51. The van der Waals surface area contributed by atoms with Gasteiger partial charge < -0.3 is 19.8 Å². The van der Waals surface area contributed by atoms with Crippen molar-refractivity contribution in [2.45, 2.75) is 69.4 Å². The van der Waals surface area contributed by atoms with E-state index in [0.29, 0.717) is 11.3 Å². The molecule has 0 spiro atoms. The summed E-state index contributed by atoms with van der Waals surface area (Å²) in [5.74, 6) is 0.266. The van der Waals surface area contributed by atoms with Gasteiger partial charge in [-0.25, -0.2) is 27.9 Å². The zero-order valence-corrected chi connectivity index (χ0v) is 22.1. The Morgan fingerprint density at radius 1 is 1.22 bits per heavy atom.